The van der Waals surface area contributed by atoms with Crippen molar-refractivity contribution in [3.8, 4) is 0 Å². The fourth-order valence-electron chi connectivity index (χ4n) is 19.9. The van der Waals surface area contributed by atoms with E-state index in [0.29, 0.717) is 20.2 Å². The first-order valence-corrected chi connectivity index (χ1v) is 52.7. The largest absolute Gasteiger partial charge is 4.00 e. The van der Waals surface area contributed by atoms with Crippen LogP contribution in [0.4, 0.5) is 0 Å². The molecule has 0 amide bonds. The Morgan fingerprint density at radius 1 is 0.206 bits per heavy atom. The normalized spacial score (nSPS) is 34.9. The summed E-state index contributed by atoms with van der Waals surface area (Å²) in [4.78, 5) is 0. The average molecular weight is 1430 g/mol. The van der Waals surface area contributed by atoms with Gasteiger partial charge in [-0.1, -0.05) is 490 Å². The van der Waals surface area contributed by atoms with Crippen LogP contribution in [0.5, 0.6) is 0 Å². The van der Waals surface area contributed by atoms with Crippen LogP contribution in [-0.2, 0) is 21.7 Å². The number of rotatable bonds is 12. The second-order valence-corrected chi connectivity index (χ2v) is 52.3. The maximum atomic E-state index is 5.45. The van der Waals surface area contributed by atoms with Crippen molar-refractivity contribution in [2.75, 3.05) is 0 Å². The summed E-state index contributed by atoms with van der Waals surface area (Å²) in [6.07, 6.45) is 79.5. The topological polar surface area (TPSA) is 56.4 Å². The molecule has 0 aromatic carbocycles. The summed E-state index contributed by atoms with van der Waals surface area (Å²) in [5, 5.41) is 23.6. The first-order chi connectivity index (χ1) is 44.9. The van der Waals surface area contributed by atoms with E-state index < -0.39 is 35.2 Å². The summed E-state index contributed by atoms with van der Waals surface area (Å²) in [6.45, 7) is 61.2. The zero-order valence-electron chi connectivity index (χ0n) is 68.8. The van der Waals surface area contributed by atoms with Crippen LogP contribution in [0, 0.1) is 21.7 Å². The first kappa shape index (κ1) is 88.7. The number of allylic oxidation sites excluding steroid dienone is 8. The Morgan fingerprint density at radius 2 is 0.330 bits per heavy atom. The van der Waals surface area contributed by atoms with Crippen molar-refractivity contribution in [3.05, 3.63) is 118 Å². The Bertz CT molecular complexity index is 2160. The molecule has 8 atom stereocenters. The van der Waals surface area contributed by atoms with Gasteiger partial charge in [-0.3, -0.25) is 0 Å². The van der Waals surface area contributed by atoms with Gasteiger partial charge in [0, 0.05) is 35.2 Å². The molecule has 0 aliphatic heterocycles. The van der Waals surface area contributed by atoms with Crippen molar-refractivity contribution in [2.45, 2.75) is 435 Å². The van der Waals surface area contributed by atoms with Crippen LogP contribution >= 0.6 is 0 Å². The molecule has 8 aliphatic rings. The third-order valence-electron chi connectivity index (χ3n) is 31.3. The molecule has 8 unspecified atom stereocenters. The summed E-state index contributed by atoms with van der Waals surface area (Å²) in [6, 6.07) is 1.16. The van der Waals surface area contributed by atoms with E-state index in [0.717, 1.165) is 0 Å². The third-order valence-corrected chi connectivity index (χ3v) is 45.5. The molecule has 97 heavy (non-hydrogen) atoms. The second kappa shape index (κ2) is 39.1. The van der Waals surface area contributed by atoms with E-state index in [9.17, 15) is 0 Å². The predicted octanol–water partition coefficient (Wildman–Crippen LogP) is 28.1. The monoisotopic (exact) mass is 1430 g/mol. The van der Waals surface area contributed by atoms with Gasteiger partial charge in [0.15, 0.2) is 0 Å². The minimum Gasteiger partial charge on any atom is -0.647 e. The van der Waals surface area contributed by atoms with Crippen molar-refractivity contribution in [1.29, 1.82) is 0 Å². The van der Waals surface area contributed by atoms with Crippen molar-refractivity contribution in [1.82, 2.24) is 0 Å². The van der Waals surface area contributed by atoms with Gasteiger partial charge in [-0.2, -0.15) is 0 Å². The molecule has 4 saturated carbocycles. The van der Waals surface area contributed by atoms with Gasteiger partial charge >= 0.3 is 21.7 Å². The Kier molecular flexibility index (Phi) is 35.8. The van der Waals surface area contributed by atoms with Gasteiger partial charge < -0.3 is 21.3 Å². The molecular weight excluding hydrogens is 1270 g/mol. The number of hydrogen-bond acceptors (Lipinski definition) is 0. The first-order valence-electron chi connectivity index (χ1n) is 41.2. The SMILES string of the molecule is C[SiH](C)C1(C)CCCCCCCCC(C)([N-]C2C=CC=C2)C1(C)C.C[SiH](C)C1(C)CCCCCCCCC(C)([N-]C2C=CC=C2)C1(C)C.C[SiH](C)C1(C)CCCCCCCCC(C)([N-]C2C=CC=C2)C1(C)C.C[SiH](C)C1(C)CCCCCCCCC(C)([N-]C2C=CC=C2)C1(C)C.[Ti+4]. The van der Waals surface area contributed by atoms with Crippen molar-refractivity contribution >= 4 is 35.2 Å². The molecule has 0 N–H and O–H groups in total. The molecule has 8 aliphatic carbocycles. The van der Waals surface area contributed by atoms with Crippen LogP contribution < -0.4 is 0 Å². The maximum absolute atomic E-state index is 5.45. The molecule has 0 radical (unpaired) electrons. The van der Waals surface area contributed by atoms with Crippen LogP contribution in [0.3, 0.4) is 0 Å². The molecule has 9 heteroatoms. The molecule has 0 aromatic rings. The minimum absolute atomic E-state index is 0. The Balaban J connectivity index is 0.000000274. The Hall–Kier alpha value is -0.658. The van der Waals surface area contributed by atoms with Crippen LogP contribution in [0.2, 0.25) is 72.5 Å². The van der Waals surface area contributed by atoms with Crippen molar-refractivity contribution < 1.29 is 21.7 Å². The standard InChI is InChI=1S/4C22H40NSi.Ti/c4*1-20(2)21(3,23-19-15-11-12-16-19)17-13-9-7-8-10-14-18-22(20,4)24(5)6;/h4*11-12,15-16,19,24H,7-10,13-14,17-18H2,1-6H3;/q4*-1;+4. The zero-order valence-corrected chi connectivity index (χ0v) is 75.0. The molecule has 8 rings (SSSR count). The summed E-state index contributed by atoms with van der Waals surface area (Å²) in [5.74, 6) is 0. The van der Waals surface area contributed by atoms with Gasteiger partial charge in [-0.05, 0) is 41.8 Å². The van der Waals surface area contributed by atoms with Crippen LogP contribution in [0.15, 0.2) is 97.2 Å². The summed E-state index contributed by atoms with van der Waals surface area (Å²) in [7, 11) is -3.26. The average Bonchev–Trinajstić information content (AvgIpc) is 1.39. The van der Waals surface area contributed by atoms with Crippen LogP contribution in [0.1, 0.15) is 316 Å². The fourth-order valence-corrected chi connectivity index (χ4v) is 30.1. The molecule has 0 bridgehead atoms. The van der Waals surface area contributed by atoms with Gasteiger partial charge in [0.25, 0.3) is 0 Å². The molecule has 0 spiro atoms. The predicted molar refractivity (Wildman–Crippen MR) is 447 cm³/mol. The molecule has 0 saturated heterocycles. The van der Waals surface area contributed by atoms with Gasteiger partial charge in [0.1, 0.15) is 0 Å². The van der Waals surface area contributed by atoms with Crippen molar-refractivity contribution in [2.24, 2.45) is 21.7 Å². The van der Waals surface area contributed by atoms with Crippen LogP contribution in [0.25, 0.3) is 21.3 Å². The minimum atomic E-state index is -0.816. The van der Waals surface area contributed by atoms with E-state index in [1.807, 2.05) is 0 Å². The van der Waals surface area contributed by atoms with E-state index in [1.165, 1.54) is 205 Å². The summed E-state index contributed by atoms with van der Waals surface area (Å²) < 4.78 is 0. The molecule has 4 nitrogen and oxygen atoms in total. The van der Waals surface area contributed by atoms with Crippen LogP contribution in [-0.4, -0.2) is 81.5 Å². The van der Waals surface area contributed by atoms with Gasteiger partial charge in [-0.25, -0.2) is 0 Å². The van der Waals surface area contributed by atoms with E-state index in [1.54, 1.807) is 0 Å². The second-order valence-electron chi connectivity index (χ2n) is 37.9. The fraction of sp³-hybridized carbons (Fsp3) is 0.818. The molecule has 0 heterocycles. The summed E-state index contributed by atoms with van der Waals surface area (Å²) in [5.41, 5.74) is 1.23. The molecule has 4 fully saturated rings. The summed E-state index contributed by atoms with van der Waals surface area (Å²) >= 11 is 0. The smallest absolute Gasteiger partial charge is 0.647 e. The van der Waals surface area contributed by atoms with E-state index in [4.69, 9.17) is 21.3 Å². The maximum Gasteiger partial charge on any atom is 4.00 e. The number of hydrogen-bond donors (Lipinski definition) is 0. The quantitative estimate of drug-likeness (QED) is 0.175. The van der Waals surface area contributed by atoms with E-state index in [-0.39, 0.29) is 89.7 Å². The number of nitrogens with zero attached hydrogens (tertiary/aromatic N) is 4. The van der Waals surface area contributed by atoms with Gasteiger partial charge in [0.2, 0.25) is 0 Å². The Morgan fingerprint density at radius 3 is 0.464 bits per heavy atom. The third kappa shape index (κ3) is 21.8. The van der Waals surface area contributed by atoms with Crippen molar-refractivity contribution in [3.63, 3.8) is 0 Å². The van der Waals surface area contributed by atoms with Gasteiger partial charge in [0.05, 0.1) is 0 Å². The van der Waals surface area contributed by atoms with Gasteiger partial charge in [-0.15, -0.1) is 22.2 Å². The molecule has 0 aromatic heterocycles. The molecular formula is C88H160N4Si4Ti. The zero-order chi connectivity index (χ0) is 71.4. The molecule has 552 valence electrons. The van der Waals surface area contributed by atoms with E-state index >= 15 is 0 Å². The van der Waals surface area contributed by atoms with E-state index in [2.05, 4.69) is 260 Å². The Labute approximate surface area is 627 Å².